The van der Waals surface area contributed by atoms with Crippen molar-refractivity contribution in [3.8, 4) is 0 Å². The zero-order valence-corrected chi connectivity index (χ0v) is 10.1. The topological polar surface area (TPSA) is 80.9 Å². The minimum Gasteiger partial charge on any atom is -0.351 e. The van der Waals surface area contributed by atoms with Crippen molar-refractivity contribution in [1.82, 2.24) is 15.1 Å². The standard InChI is InChI=1S/C9H6Cl2N4O2/c1-4-2-14-17-6(4)9(16)15-8-5(10)7(11)12-3-13-8/h2-3H,1H3,(H,12,13,15,16). The van der Waals surface area contributed by atoms with Gasteiger partial charge >= 0.3 is 0 Å². The quantitative estimate of drug-likeness (QED) is 0.849. The number of anilines is 1. The fourth-order valence-corrected chi connectivity index (χ4v) is 1.39. The molecule has 0 aliphatic heterocycles. The van der Waals surface area contributed by atoms with Gasteiger partial charge in [-0.15, -0.1) is 0 Å². The molecule has 2 rings (SSSR count). The van der Waals surface area contributed by atoms with E-state index in [1.54, 1.807) is 6.92 Å². The molecule has 0 unspecified atom stereocenters. The Bertz CT molecular complexity index is 570. The van der Waals surface area contributed by atoms with Crippen LogP contribution >= 0.6 is 23.2 Å². The molecule has 6 nitrogen and oxygen atoms in total. The number of aryl methyl sites for hydroxylation is 1. The molecule has 8 heteroatoms. The highest BCUT2D eigenvalue weighted by Crippen LogP contribution is 2.25. The van der Waals surface area contributed by atoms with Gasteiger partial charge in [-0.25, -0.2) is 9.97 Å². The Morgan fingerprint density at radius 1 is 1.41 bits per heavy atom. The minimum atomic E-state index is -0.503. The lowest BCUT2D eigenvalue weighted by Gasteiger charge is -2.04. The van der Waals surface area contributed by atoms with Crippen LogP contribution in [0.3, 0.4) is 0 Å². The van der Waals surface area contributed by atoms with Crippen LogP contribution in [0, 0.1) is 6.92 Å². The van der Waals surface area contributed by atoms with Gasteiger partial charge in [0.05, 0.1) is 6.20 Å². The van der Waals surface area contributed by atoms with Crippen LogP contribution in [0.5, 0.6) is 0 Å². The van der Waals surface area contributed by atoms with Crippen molar-refractivity contribution in [2.75, 3.05) is 5.32 Å². The zero-order chi connectivity index (χ0) is 12.4. The summed E-state index contributed by atoms with van der Waals surface area (Å²) in [5, 5.41) is 6.08. The van der Waals surface area contributed by atoms with E-state index in [4.69, 9.17) is 27.7 Å². The summed E-state index contributed by atoms with van der Waals surface area (Å²) in [6, 6.07) is 0. The molecule has 0 fully saturated rings. The number of carbonyl (C=O) groups is 1. The van der Waals surface area contributed by atoms with Gasteiger partial charge < -0.3 is 9.84 Å². The van der Waals surface area contributed by atoms with Crippen LogP contribution < -0.4 is 5.32 Å². The molecule has 0 aliphatic carbocycles. The first-order valence-electron chi connectivity index (χ1n) is 4.48. The van der Waals surface area contributed by atoms with Crippen LogP contribution in [0.2, 0.25) is 10.2 Å². The smallest absolute Gasteiger partial charge is 0.295 e. The third-order valence-electron chi connectivity index (χ3n) is 1.93. The predicted molar refractivity (Wildman–Crippen MR) is 61.2 cm³/mol. The molecule has 0 aliphatic rings. The monoisotopic (exact) mass is 272 g/mol. The summed E-state index contributed by atoms with van der Waals surface area (Å²) >= 11 is 11.5. The summed E-state index contributed by atoms with van der Waals surface area (Å²) in [7, 11) is 0. The number of nitrogens with zero attached hydrogens (tertiary/aromatic N) is 3. The van der Waals surface area contributed by atoms with Crippen LogP contribution in [0.15, 0.2) is 17.0 Å². The second kappa shape index (κ2) is 4.68. The highest BCUT2D eigenvalue weighted by Gasteiger charge is 2.17. The average Bonchev–Trinajstić information content (AvgIpc) is 2.71. The normalized spacial score (nSPS) is 10.3. The van der Waals surface area contributed by atoms with Crippen molar-refractivity contribution in [1.29, 1.82) is 0 Å². The molecular weight excluding hydrogens is 267 g/mol. The molecule has 2 aromatic heterocycles. The van der Waals surface area contributed by atoms with Gasteiger partial charge in [0.1, 0.15) is 11.3 Å². The predicted octanol–water partition coefficient (Wildman–Crippen LogP) is 2.33. The first-order valence-corrected chi connectivity index (χ1v) is 5.24. The molecule has 0 radical (unpaired) electrons. The molecule has 0 saturated carbocycles. The number of rotatable bonds is 2. The van der Waals surface area contributed by atoms with Gasteiger partial charge in [0.15, 0.2) is 11.0 Å². The Labute approximate surface area is 106 Å². The van der Waals surface area contributed by atoms with E-state index in [0.717, 1.165) is 0 Å². The largest absolute Gasteiger partial charge is 0.351 e. The molecule has 0 atom stereocenters. The minimum absolute atomic E-state index is 0.0614. The fourth-order valence-electron chi connectivity index (χ4n) is 1.11. The number of hydrogen-bond donors (Lipinski definition) is 1. The summed E-state index contributed by atoms with van der Waals surface area (Å²) in [4.78, 5) is 19.2. The van der Waals surface area contributed by atoms with Gasteiger partial charge in [0.2, 0.25) is 5.76 Å². The lowest BCUT2D eigenvalue weighted by molar-refractivity contribution is 0.0986. The van der Waals surface area contributed by atoms with Crippen LogP contribution in [0.25, 0.3) is 0 Å². The maximum absolute atomic E-state index is 11.8. The molecule has 88 valence electrons. The van der Waals surface area contributed by atoms with Crippen LogP contribution in [-0.4, -0.2) is 21.0 Å². The van der Waals surface area contributed by atoms with E-state index in [2.05, 4.69) is 20.4 Å². The Hall–Kier alpha value is -1.66. The maximum atomic E-state index is 11.8. The van der Waals surface area contributed by atoms with E-state index in [1.165, 1.54) is 12.5 Å². The summed E-state index contributed by atoms with van der Waals surface area (Å²) in [5.41, 5.74) is 0.610. The van der Waals surface area contributed by atoms with Gasteiger partial charge in [-0.05, 0) is 6.92 Å². The van der Waals surface area contributed by atoms with E-state index in [0.29, 0.717) is 5.56 Å². The van der Waals surface area contributed by atoms with E-state index < -0.39 is 5.91 Å². The molecule has 0 aromatic carbocycles. The van der Waals surface area contributed by atoms with Crippen molar-refractivity contribution in [2.45, 2.75) is 6.92 Å². The Kier molecular flexibility index (Phi) is 3.26. The van der Waals surface area contributed by atoms with E-state index >= 15 is 0 Å². The van der Waals surface area contributed by atoms with Crippen LogP contribution in [-0.2, 0) is 0 Å². The molecule has 0 bridgehead atoms. The Morgan fingerprint density at radius 3 is 2.82 bits per heavy atom. The van der Waals surface area contributed by atoms with Gasteiger partial charge in [-0.3, -0.25) is 4.79 Å². The van der Waals surface area contributed by atoms with Crippen molar-refractivity contribution < 1.29 is 9.32 Å². The van der Waals surface area contributed by atoms with Crippen LogP contribution in [0.4, 0.5) is 5.82 Å². The van der Waals surface area contributed by atoms with Crippen molar-refractivity contribution in [3.05, 3.63) is 34.0 Å². The fraction of sp³-hybridized carbons (Fsp3) is 0.111. The average molecular weight is 273 g/mol. The molecule has 0 spiro atoms. The highest BCUT2D eigenvalue weighted by atomic mass is 35.5. The van der Waals surface area contributed by atoms with Crippen molar-refractivity contribution in [3.63, 3.8) is 0 Å². The third-order valence-corrected chi connectivity index (χ3v) is 2.67. The second-order valence-corrected chi connectivity index (χ2v) is 3.86. The SMILES string of the molecule is Cc1cnoc1C(=O)Nc1ncnc(Cl)c1Cl. The van der Waals surface area contributed by atoms with E-state index in [9.17, 15) is 4.79 Å². The first-order chi connectivity index (χ1) is 8.09. The number of amides is 1. The van der Waals surface area contributed by atoms with Gasteiger partial charge in [0, 0.05) is 5.56 Å². The summed E-state index contributed by atoms with van der Waals surface area (Å²) in [6.07, 6.45) is 2.63. The van der Waals surface area contributed by atoms with E-state index in [1.807, 2.05) is 0 Å². The Morgan fingerprint density at radius 2 is 2.18 bits per heavy atom. The van der Waals surface area contributed by atoms with E-state index in [-0.39, 0.29) is 21.8 Å². The molecule has 0 saturated heterocycles. The molecule has 1 amide bonds. The van der Waals surface area contributed by atoms with Gasteiger partial charge in [0.25, 0.3) is 5.91 Å². The van der Waals surface area contributed by atoms with Crippen molar-refractivity contribution in [2.24, 2.45) is 0 Å². The first kappa shape index (κ1) is 11.8. The maximum Gasteiger partial charge on any atom is 0.295 e. The second-order valence-electron chi connectivity index (χ2n) is 3.12. The van der Waals surface area contributed by atoms with Gasteiger partial charge in [-0.1, -0.05) is 28.4 Å². The molecule has 17 heavy (non-hydrogen) atoms. The number of carbonyl (C=O) groups excluding carboxylic acids is 1. The number of nitrogens with one attached hydrogen (secondary N) is 1. The summed E-state index contributed by atoms with van der Waals surface area (Å²) in [6.45, 7) is 1.69. The molecule has 2 aromatic rings. The lowest BCUT2D eigenvalue weighted by Crippen LogP contribution is -2.13. The third kappa shape index (κ3) is 2.37. The van der Waals surface area contributed by atoms with Gasteiger partial charge in [-0.2, -0.15) is 0 Å². The number of hydrogen-bond acceptors (Lipinski definition) is 5. The highest BCUT2D eigenvalue weighted by molar-refractivity contribution is 6.43. The Balaban J connectivity index is 2.25. The summed E-state index contributed by atoms with van der Waals surface area (Å²) in [5.74, 6) is -0.292. The molecular formula is C9H6Cl2N4O2. The lowest BCUT2D eigenvalue weighted by atomic mass is 10.3. The zero-order valence-electron chi connectivity index (χ0n) is 8.57. The number of aromatic nitrogens is 3. The molecule has 2 heterocycles. The number of halogens is 2. The molecule has 1 N–H and O–H groups in total. The van der Waals surface area contributed by atoms with Crippen LogP contribution in [0.1, 0.15) is 16.1 Å². The van der Waals surface area contributed by atoms with Crippen molar-refractivity contribution >= 4 is 34.9 Å². The summed E-state index contributed by atoms with van der Waals surface area (Å²) < 4.78 is 4.79.